The lowest BCUT2D eigenvalue weighted by atomic mass is 9.88. The Morgan fingerprint density at radius 2 is 2.22 bits per heavy atom. The zero-order valence-electron chi connectivity index (χ0n) is 11.0. The number of rotatable bonds is 6. The molecule has 0 aromatic carbocycles. The fourth-order valence-corrected chi connectivity index (χ4v) is 2.28. The molecule has 2 N–H and O–H groups in total. The summed E-state index contributed by atoms with van der Waals surface area (Å²) in [5, 5.41) is 11.9. The van der Waals surface area contributed by atoms with Crippen molar-refractivity contribution >= 4 is 17.2 Å². The lowest BCUT2D eigenvalue weighted by Gasteiger charge is -2.24. The average molecular weight is 281 g/mol. The predicted molar refractivity (Wildman–Crippen MR) is 66.5 cm³/mol. The molecule has 1 rings (SSSR count). The van der Waals surface area contributed by atoms with Gasteiger partial charge in [-0.05, 0) is 20.7 Å². The molecule has 1 saturated heterocycles. The predicted octanol–water partition coefficient (Wildman–Crippen LogP) is -0.817. The van der Waals surface area contributed by atoms with Crippen molar-refractivity contribution in [3.05, 3.63) is 0 Å². The second kappa shape index (κ2) is 5.85. The molecule has 0 spiro atoms. The van der Waals surface area contributed by atoms with Crippen molar-refractivity contribution in [2.45, 2.75) is 38.7 Å². The first kappa shape index (κ1) is 15.9. The van der Waals surface area contributed by atoms with Crippen LogP contribution in [-0.4, -0.2) is 57.9 Å². The standard InChI is InChI=1S/C9H20BNO6S/c1-9(2)15-6-8(16-9)7(5-11-10(3)12)17-18(4,13)14/h7-8,11-12H,5-6H2,1-4H3/t7?,8-/m1/s1. The topological polar surface area (TPSA) is 94.1 Å². The maximum atomic E-state index is 11.2. The van der Waals surface area contributed by atoms with Gasteiger partial charge in [-0.1, -0.05) is 0 Å². The Morgan fingerprint density at radius 1 is 1.61 bits per heavy atom. The highest BCUT2D eigenvalue weighted by Gasteiger charge is 2.39. The number of ether oxygens (including phenoxy) is 2. The van der Waals surface area contributed by atoms with Crippen LogP contribution < -0.4 is 5.23 Å². The number of nitrogens with one attached hydrogen (secondary N) is 1. The number of hydrogen-bond acceptors (Lipinski definition) is 7. The van der Waals surface area contributed by atoms with Gasteiger partial charge in [-0.3, -0.25) is 4.18 Å². The molecule has 1 aliphatic heterocycles. The zero-order chi connectivity index (χ0) is 14.0. The summed E-state index contributed by atoms with van der Waals surface area (Å²) in [7, 11) is -4.36. The van der Waals surface area contributed by atoms with Crippen molar-refractivity contribution in [2.75, 3.05) is 19.4 Å². The number of hydrogen-bond donors (Lipinski definition) is 2. The van der Waals surface area contributed by atoms with Crippen molar-refractivity contribution in [1.29, 1.82) is 0 Å². The molecule has 0 amide bonds. The maximum absolute atomic E-state index is 11.2. The van der Waals surface area contributed by atoms with Gasteiger partial charge >= 0.3 is 7.05 Å². The van der Waals surface area contributed by atoms with Gasteiger partial charge in [-0.15, -0.1) is 0 Å². The molecular weight excluding hydrogens is 261 g/mol. The maximum Gasteiger partial charge on any atom is 0.373 e. The van der Waals surface area contributed by atoms with E-state index >= 15 is 0 Å². The van der Waals surface area contributed by atoms with Gasteiger partial charge in [0.2, 0.25) is 0 Å². The molecule has 9 heteroatoms. The molecule has 0 bridgehead atoms. The smallest absolute Gasteiger partial charge is 0.373 e. The van der Waals surface area contributed by atoms with Crippen LogP contribution in [0.1, 0.15) is 13.8 Å². The van der Waals surface area contributed by atoms with E-state index in [-0.39, 0.29) is 13.2 Å². The van der Waals surface area contributed by atoms with Crippen LogP contribution in [0.5, 0.6) is 0 Å². The van der Waals surface area contributed by atoms with E-state index in [4.69, 9.17) is 18.7 Å². The monoisotopic (exact) mass is 281 g/mol. The molecule has 0 aromatic rings. The lowest BCUT2D eigenvalue weighted by molar-refractivity contribution is -0.148. The Bertz CT molecular complexity index is 371. The van der Waals surface area contributed by atoms with Crippen LogP contribution in [0.2, 0.25) is 6.82 Å². The van der Waals surface area contributed by atoms with Gasteiger partial charge in [0.05, 0.1) is 12.9 Å². The summed E-state index contributed by atoms with van der Waals surface area (Å²) in [6, 6.07) is 0. The molecule has 7 nitrogen and oxygen atoms in total. The Morgan fingerprint density at radius 3 is 2.61 bits per heavy atom. The first-order valence-electron chi connectivity index (χ1n) is 5.70. The van der Waals surface area contributed by atoms with Gasteiger partial charge in [0.15, 0.2) is 5.79 Å². The summed E-state index contributed by atoms with van der Waals surface area (Å²) >= 11 is 0. The van der Waals surface area contributed by atoms with E-state index in [1.165, 1.54) is 6.82 Å². The molecule has 0 aromatic heterocycles. The summed E-state index contributed by atoms with van der Waals surface area (Å²) < 4.78 is 38.3. The lowest BCUT2D eigenvalue weighted by Crippen LogP contribution is -2.45. The molecule has 1 unspecified atom stereocenters. The van der Waals surface area contributed by atoms with Crippen LogP contribution in [-0.2, 0) is 23.8 Å². The molecular formula is C9H20BNO6S. The van der Waals surface area contributed by atoms with Crippen molar-refractivity contribution in [3.63, 3.8) is 0 Å². The van der Waals surface area contributed by atoms with E-state index in [0.29, 0.717) is 0 Å². The summed E-state index contributed by atoms with van der Waals surface area (Å²) in [6.07, 6.45) is -0.263. The second-order valence-corrected chi connectivity index (χ2v) is 6.39. The van der Waals surface area contributed by atoms with Gasteiger partial charge in [0.1, 0.15) is 12.2 Å². The first-order valence-corrected chi connectivity index (χ1v) is 7.52. The Hall–Kier alpha value is -0.185. The van der Waals surface area contributed by atoms with Crippen LogP contribution >= 0.6 is 0 Å². The first-order chi connectivity index (χ1) is 8.09. The highest BCUT2D eigenvalue weighted by Crippen LogP contribution is 2.25. The largest absolute Gasteiger partial charge is 0.437 e. The fraction of sp³-hybridized carbons (Fsp3) is 1.00. The summed E-state index contributed by atoms with van der Waals surface area (Å²) in [5.74, 6) is -0.755. The molecule has 1 fully saturated rings. The zero-order valence-corrected chi connectivity index (χ0v) is 11.9. The SMILES string of the molecule is CB(O)NCC(OS(C)(=O)=O)[C@H]1COC(C)(C)O1. The fourth-order valence-electron chi connectivity index (χ4n) is 1.64. The Kier molecular flexibility index (Phi) is 5.16. The molecule has 0 radical (unpaired) electrons. The van der Waals surface area contributed by atoms with E-state index in [1.807, 2.05) is 0 Å². The van der Waals surface area contributed by atoms with Gasteiger partial charge in [0, 0.05) is 6.54 Å². The van der Waals surface area contributed by atoms with E-state index in [1.54, 1.807) is 13.8 Å². The second-order valence-electron chi connectivity index (χ2n) is 4.79. The third-order valence-corrected chi connectivity index (χ3v) is 2.95. The van der Waals surface area contributed by atoms with Crippen LogP contribution in [0, 0.1) is 0 Å². The molecule has 2 atom stereocenters. The molecule has 0 aliphatic carbocycles. The molecule has 18 heavy (non-hydrogen) atoms. The van der Waals surface area contributed by atoms with Gasteiger partial charge in [-0.25, -0.2) is 0 Å². The minimum absolute atomic E-state index is 0.148. The summed E-state index contributed by atoms with van der Waals surface area (Å²) in [4.78, 5) is 0. The minimum Gasteiger partial charge on any atom is -0.437 e. The highest BCUT2D eigenvalue weighted by molar-refractivity contribution is 7.86. The third kappa shape index (κ3) is 5.64. The average Bonchev–Trinajstić information content (AvgIpc) is 2.51. The van der Waals surface area contributed by atoms with Crippen molar-refractivity contribution in [1.82, 2.24) is 5.23 Å². The van der Waals surface area contributed by atoms with Crippen molar-refractivity contribution in [3.8, 4) is 0 Å². The van der Waals surface area contributed by atoms with Crippen LogP contribution in [0.15, 0.2) is 0 Å². The van der Waals surface area contributed by atoms with Crippen LogP contribution in [0.25, 0.3) is 0 Å². The Labute approximate surface area is 108 Å². The highest BCUT2D eigenvalue weighted by atomic mass is 32.2. The molecule has 106 valence electrons. The minimum atomic E-state index is -3.60. The van der Waals surface area contributed by atoms with Crippen molar-refractivity contribution < 1.29 is 27.1 Å². The van der Waals surface area contributed by atoms with Gasteiger partial charge in [-0.2, -0.15) is 8.42 Å². The molecule has 1 heterocycles. The van der Waals surface area contributed by atoms with Gasteiger partial charge < -0.3 is 19.7 Å². The quantitative estimate of drug-likeness (QED) is 0.485. The normalized spacial score (nSPS) is 25.1. The van der Waals surface area contributed by atoms with Gasteiger partial charge in [0.25, 0.3) is 10.1 Å². The van der Waals surface area contributed by atoms with E-state index in [9.17, 15) is 8.42 Å². The third-order valence-electron chi connectivity index (χ3n) is 2.36. The van der Waals surface area contributed by atoms with E-state index < -0.39 is 35.2 Å². The summed E-state index contributed by atoms with van der Waals surface area (Å²) in [6.45, 7) is 5.41. The van der Waals surface area contributed by atoms with Crippen LogP contribution in [0.3, 0.4) is 0 Å². The summed E-state index contributed by atoms with van der Waals surface area (Å²) in [5.41, 5.74) is 0. The van der Waals surface area contributed by atoms with Crippen molar-refractivity contribution in [2.24, 2.45) is 0 Å². The Balaban J connectivity index is 2.65. The molecule has 1 aliphatic rings. The van der Waals surface area contributed by atoms with E-state index in [2.05, 4.69) is 5.23 Å². The molecule has 0 saturated carbocycles. The van der Waals surface area contributed by atoms with Crippen LogP contribution in [0.4, 0.5) is 0 Å². The van der Waals surface area contributed by atoms with E-state index in [0.717, 1.165) is 6.26 Å².